The Bertz CT molecular complexity index is 918. The van der Waals surface area contributed by atoms with Gasteiger partial charge in [0.05, 0.1) is 6.04 Å². The summed E-state index contributed by atoms with van der Waals surface area (Å²) < 4.78 is 2.32. The van der Waals surface area contributed by atoms with E-state index in [1.165, 1.54) is 5.69 Å². The number of aromatic hydroxyl groups is 1. The summed E-state index contributed by atoms with van der Waals surface area (Å²) in [6.45, 7) is 4.70. The average molecular weight is 367 g/mol. The average Bonchev–Trinajstić information content (AvgIpc) is 3.01. The fraction of sp³-hybridized carbons (Fsp3) is 0.273. The van der Waals surface area contributed by atoms with Crippen molar-refractivity contribution < 1.29 is 5.11 Å². The lowest BCUT2D eigenvalue weighted by atomic mass is 10.0. The van der Waals surface area contributed by atoms with Crippen LogP contribution in [0.2, 0.25) is 5.02 Å². The van der Waals surface area contributed by atoms with E-state index < -0.39 is 0 Å². The molecule has 1 aromatic heterocycles. The SMILES string of the molecule is Cc1ccc(O)c(CN2CCCn3cccc3[C@@H]2c2ccccc2Cl)c1. The summed E-state index contributed by atoms with van der Waals surface area (Å²) in [5.74, 6) is 0.355. The molecule has 134 valence electrons. The Labute approximate surface area is 159 Å². The number of rotatable bonds is 3. The summed E-state index contributed by atoms with van der Waals surface area (Å²) >= 11 is 6.58. The zero-order valence-electron chi connectivity index (χ0n) is 14.9. The van der Waals surface area contributed by atoms with E-state index in [-0.39, 0.29) is 6.04 Å². The van der Waals surface area contributed by atoms with Crippen LogP contribution in [0.25, 0.3) is 0 Å². The van der Waals surface area contributed by atoms with Crippen molar-refractivity contribution in [2.24, 2.45) is 0 Å². The molecule has 2 heterocycles. The lowest BCUT2D eigenvalue weighted by Gasteiger charge is -2.31. The van der Waals surface area contributed by atoms with Crippen molar-refractivity contribution >= 4 is 11.6 Å². The van der Waals surface area contributed by atoms with Gasteiger partial charge in [0.25, 0.3) is 0 Å². The molecule has 26 heavy (non-hydrogen) atoms. The minimum atomic E-state index is 0.0705. The largest absolute Gasteiger partial charge is 0.508 e. The summed E-state index contributed by atoms with van der Waals surface area (Å²) in [6, 6.07) is 18.2. The second-order valence-electron chi connectivity index (χ2n) is 7.01. The topological polar surface area (TPSA) is 28.4 Å². The van der Waals surface area contributed by atoms with Crippen molar-refractivity contribution in [1.82, 2.24) is 9.47 Å². The van der Waals surface area contributed by atoms with Gasteiger partial charge < -0.3 is 9.67 Å². The molecule has 3 aromatic rings. The predicted octanol–water partition coefficient (Wildman–Crippen LogP) is 5.15. The molecule has 4 rings (SSSR count). The predicted molar refractivity (Wildman–Crippen MR) is 106 cm³/mol. The van der Waals surface area contributed by atoms with Gasteiger partial charge in [-0.25, -0.2) is 0 Å². The zero-order chi connectivity index (χ0) is 18.1. The molecular weight excluding hydrogens is 344 g/mol. The first-order chi connectivity index (χ1) is 12.6. The number of halogens is 1. The summed E-state index contributed by atoms with van der Waals surface area (Å²) in [5.41, 5.74) is 4.48. The Morgan fingerprint density at radius 3 is 2.77 bits per heavy atom. The van der Waals surface area contributed by atoms with Gasteiger partial charge in [-0.05, 0) is 43.2 Å². The van der Waals surface area contributed by atoms with Gasteiger partial charge in [-0.3, -0.25) is 4.90 Å². The number of hydrogen-bond donors (Lipinski definition) is 1. The van der Waals surface area contributed by atoms with E-state index in [0.717, 1.165) is 41.2 Å². The maximum atomic E-state index is 10.3. The first kappa shape index (κ1) is 17.2. The van der Waals surface area contributed by atoms with E-state index >= 15 is 0 Å². The number of hydrogen-bond acceptors (Lipinski definition) is 2. The molecule has 0 saturated heterocycles. The lowest BCUT2D eigenvalue weighted by Crippen LogP contribution is -2.29. The van der Waals surface area contributed by atoms with E-state index in [4.69, 9.17) is 11.6 Å². The summed E-state index contributed by atoms with van der Waals surface area (Å²) in [4.78, 5) is 2.43. The normalized spacial score (nSPS) is 17.7. The van der Waals surface area contributed by atoms with E-state index in [2.05, 4.69) is 46.9 Å². The highest BCUT2D eigenvalue weighted by Crippen LogP contribution is 2.37. The van der Waals surface area contributed by atoms with Crippen molar-refractivity contribution in [3.05, 3.63) is 88.2 Å². The first-order valence-corrected chi connectivity index (χ1v) is 9.43. The number of phenolic OH excluding ortho intramolecular Hbond substituents is 1. The van der Waals surface area contributed by atoms with Gasteiger partial charge >= 0.3 is 0 Å². The van der Waals surface area contributed by atoms with Crippen molar-refractivity contribution in [1.29, 1.82) is 0 Å². The third-order valence-electron chi connectivity index (χ3n) is 5.16. The molecule has 3 nitrogen and oxygen atoms in total. The van der Waals surface area contributed by atoms with Gasteiger partial charge in [0.15, 0.2) is 0 Å². The van der Waals surface area contributed by atoms with E-state index in [1.54, 1.807) is 6.07 Å². The molecule has 0 fully saturated rings. The van der Waals surface area contributed by atoms with Crippen LogP contribution < -0.4 is 0 Å². The highest BCUT2D eigenvalue weighted by atomic mass is 35.5. The Balaban J connectivity index is 1.79. The number of phenols is 1. The number of nitrogens with zero attached hydrogens (tertiary/aromatic N) is 2. The monoisotopic (exact) mass is 366 g/mol. The second kappa shape index (κ2) is 7.18. The van der Waals surface area contributed by atoms with Crippen molar-refractivity contribution in [2.75, 3.05) is 6.54 Å². The quantitative estimate of drug-likeness (QED) is 0.694. The van der Waals surface area contributed by atoms with Gasteiger partial charge in [0, 0.05) is 42.1 Å². The van der Waals surface area contributed by atoms with Crippen LogP contribution >= 0.6 is 11.6 Å². The van der Waals surface area contributed by atoms with Gasteiger partial charge in [-0.15, -0.1) is 0 Å². The lowest BCUT2D eigenvalue weighted by molar-refractivity contribution is 0.218. The standard InChI is InChI=1S/C22H23ClN2O/c1-16-9-10-21(26)17(14-16)15-25-13-5-12-24-11-4-8-20(24)22(25)18-6-2-3-7-19(18)23/h2-4,6-11,14,22,26H,5,12-13,15H2,1H3/t22-/m0/s1. The van der Waals surface area contributed by atoms with Crippen LogP contribution in [-0.4, -0.2) is 21.1 Å². The Morgan fingerprint density at radius 1 is 1.08 bits per heavy atom. The van der Waals surface area contributed by atoms with Crippen LogP contribution in [0, 0.1) is 6.92 Å². The molecule has 0 spiro atoms. The van der Waals surface area contributed by atoms with Crippen LogP contribution in [0.15, 0.2) is 60.8 Å². The molecule has 2 aromatic carbocycles. The first-order valence-electron chi connectivity index (χ1n) is 9.05. The molecule has 1 aliphatic rings. The maximum Gasteiger partial charge on any atom is 0.120 e. The van der Waals surface area contributed by atoms with Crippen molar-refractivity contribution in [3.8, 4) is 5.75 Å². The van der Waals surface area contributed by atoms with Crippen LogP contribution in [0.3, 0.4) is 0 Å². The molecule has 0 aliphatic carbocycles. The molecule has 0 radical (unpaired) electrons. The van der Waals surface area contributed by atoms with Crippen molar-refractivity contribution in [3.63, 3.8) is 0 Å². The third-order valence-corrected chi connectivity index (χ3v) is 5.51. The maximum absolute atomic E-state index is 10.3. The fourth-order valence-corrected chi connectivity index (χ4v) is 4.16. The Morgan fingerprint density at radius 2 is 1.92 bits per heavy atom. The van der Waals surface area contributed by atoms with Crippen LogP contribution in [0.1, 0.15) is 34.8 Å². The van der Waals surface area contributed by atoms with Crippen molar-refractivity contribution in [2.45, 2.75) is 32.5 Å². The summed E-state index contributed by atoms with van der Waals surface area (Å²) in [5, 5.41) is 11.1. The minimum absolute atomic E-state index is 0.0705. The molecular formula is C22H23ClN2O. The van der Waals surface area contributed by atoms with Crippen LogP contribution in [0.5, 0.6) is 5.75 Å². The molecule has 0 saturated carbocycles. The fourth-order valence-electron chi connectivity index (χ4n) is 3.92. The Kier molecular flexibility index (Phi) is 4.75. The minimum Gasteiger partial charge on any atom is -0.508 e. The van der Waals surface area contributed by atoms with E-state index in [1.807, 2.05) is 24.3 Å². The Hall–Kier alpha value is -2.23. The number of fused-ring (bicyclic) bond motifs is 1. The van der Waals surface area contributed by atoms with Gasteiger partial charge in [-0.1, -0.05) is 47.5 Å². The van der Waals surface area contributed by atoms with Crippen LogP contribution in [0.4, 0.5) is 0 Å². The molecule has 1 aliphatic heterocycles. The summed E-state index contributed by atoms with van der Waals surface area (Å²) in [6.07, 6.45) is 3.21. The van der Waals surface area contributed by atoms with Crippen LogP contribution in [-0.2, 0) is 13.1 Å². The molecule has 0 amide bonds. The number of benzene rings is 2. The zero-order valence-corrected chi connectivity index (χ0v) is 15.7. The number of aromatic nitrogens is 1. The molecule has 1 atom stereocenters. The smallest absolute Gasteiger partial charge is 0.120 e. The summed E-state index contributed by atoms with van der Waals surface area (Å²) in [7, 11) is 0. The molecule has 0 bridgehead atoms. The van der Waals surface area contributed by atoms with E-state index in [9.17, 15) is 5.11 Å². The van der Waals surface area contributed by atoms with E-state index in [0.29, 0.717) is 12.3 Å². The molecule has 4 heteroatoms. The second-order valence-corrected chi connectivity index (χ2v) is 7.41. The van der Waals surface area contributed by atoms with Gasteiger partial charge in [-0.2, -0.15) is 0 Å². The molecule has 0 unspecified atom stereocenters. The number of aryl methyl sites for hydroxylation is 2. The molecule has 1 N–H and O–H groups in total. The third kappa shape index (κ3) is 3.25. The highest BCUT2D eigenvalue weighted by molar-refractivity contribution is 6.31. The van der Waals surface area contributed by atoms with Gasteiger partial charge in [0.2, 0.25) is 0 Å². The highest BCUT2D eigenvalue weighted by Gasteiger charge is 2.29. The van der Waals surface area contributed by atoms with Gasteiger partial charge in [0.1, 0.15) is 5.75 Å².